The van der Waals surface area contributed by atoms with E-state index in [2.05, 4.69) is 20.8 Å². The van der Waals surface area contributed by atoms with Crippen molar-refractivity contribution in [1.82, 2.24) is 15.5 Å². The van der Waals surface area contributed by atoms with Gasteiger partial charge >= 0.3 is 6.03 Å². The second-order valence-electron chi connectivity index (χ2n) is 3.84. The topological polar surface area (TPSA) is 96.4 Å². The van der Waals surface area contributed by atoms with Gasteiger partial charge in [0.1, 0.15) is 11.3 Å². The van der Waals surface area contributed by atoms with Crippen molar-refractivity contribution in [3.63, 3.8) is 0 Å². The summed E-state index contributed by atoms with van der Waals surface area (Å²) in [6.07, 6.45) is -0.855. The second-order valence-corrected chi connectivity index (χ2v) is 4.67. The summed E-state index contributed by atoms with van der Waals surface area (Å²) < 4.78 is 5.15. The Morgan fingerprint density at radius 3 is 3.00 bits per heavy atom. The van der Waals surface area contributed by atoms with Gasteiger partial charge in [0.05, 0.1) is 13.2 Å². The number of urea groups is 1. The molecule has 3 N–H and O–H groups in total. The van der Waals surface area contributed by atoms with E-state index in [1.165, 1.54) is 24.0 Å². The van der Waals surface area contributed by atoms with E-state index in [-0.39, 0.29) is 6.54 Å². The Hall–Kier alpha value is -2.19. The minimum Gasteiger partial charge on any atom is -0.496 e. The Morgan fingerprint density at radius 2 is 2.30 bits per heavy atom. The molecule has 0 aliphatic heterocycles. The predicted octanol–water partition coefficient (Wildman–Crippen LogP) is 1.40. The number of carbonyl (C=O) groups is 1. The molecule has 106 valence electrons. The molecule has 0 fully saturated rings. The fraction of sp³-hybridized carbons (Fsp3) is 0.250. The standard InChI is InChI=1S/C12H14N4O3S/c1-19-10-5-3-2-4-8(10)9(17)6-13-11(18)15-12-16-14-7-20-12/h2-5,7,9,17H,6H2,1H3,(H2,13,15,16,18)/t9-/m0/s1. The van der Waals surface area contributed by atoms with Gasteiger partial charge in [0.15, 0.2) is 0 Å². The number of nitrogens with zero attached hydrogens (tertiary/aromatic N) is 2. The minimum atomic E-state index is -0.855. The van der Waals surface area contributed by atoms with E-state index in [0.717, 1.165) is 0 Å². The lowest BCUT2D eigenvalue weighted by atomic mass is 10.1. The number of ether oxygens (including phenoxy) is 1. The van der Waals surface area contributed by atoms with Crippen LogP contribution in [0.15, 0.2) is 29.8 Å². The smallest absolute Gasteiger partial charge is 0.321 e. The number of methoxy groups -OCH3 is 1. The lowest BCUT2D eigenvalue weighted by Gasteiger charge is -2.15. The highest BCUT2D eigenvalue weighted by atomic mass is 32.1. The number of aliphatic hydroxyl groups is 1. The normalized spacial score (nSPS) is 11.7. The summed E-state index contributed by atoms with van der Waals surface area (Å²) in [7, 11) is 1.53. The van der Waals surface area contributed by atoms with Crippen LogP contribution in [0.1, 0.15) is 11.7 Å². The Kier molecular flexibility index (Phi) is 4.85. The van der Waals surface area contributed by atoms with Gasteiger partial charge in [0.25, 0.3) is 0 Å². The molecule has 0 unspecified atom stereocenters. The highest BCUT2D eigenvalue weighted by Crippen LogP contribution is 2.23. The molecule has 0 saturated carbocycles. The Balaban J connectivity index is 1.88. The molecule has 0 saturated heterocycles. The van der Waals surface area contributed by atoms with Gasteiger partial charge in [0.2, 0.25) is 5.13 Å². The molecule has 1 atom stereocenters. The maximum absolute atomic E-state index is 11.6. The van der Waals surface area contributed by atoms with E-state index >= 15 is 0 Å². The number of aliphatic hydroxyl groups excluding tert-OH is 1. The van der Waals surface area contributed by atoms with Gasteiger partial charge in [0, 0.05) is 12.1 Å². The van der Waals surface area contributed by atoms with E-state index in [0.29, 0.717) is 16.4 Å². The summed E-state index contributed by atoms with van der Waals surface area (Å²) in [4.78, 5) is 11.6. The molecule has 0 spiro atoms. The van der Waals surface area contributed by atoms with Gasteiger partial charge in [-0.3, -0.25) is 5.32 Å². The molecule has 0 aliphatic rings. The largest absolute Gasteiger partial charge is 0.496 e. The Bertz CT molecular complexity index is 562. The van der Waals surface area contributed by atoms with E-state index in [1.807, 2.05) is 6.07 Å². The molecule has 0 aliphatic carbocycles. The summed E-state index contributed by atoms with van der Waals surface area (Å²) in [5.74, 6) is 0.575. The highest BCUT2D eigenvalue weighted by Gasteiger charge is 2.14. The monoisotopic (exact) mass is 294 g/mol. The average molecular weight is 294 g/mol. The average Bonchev–Trinajstić information content (AvgIpc) is 2.97. The van der Waals surface area contributed by atoms with Crippen molar-refractivity contribution in [3.05, 3.63) is 35.3 Å². The molecular weight excluding hydrogens is 280 g/mol. The third-order valence-corrected chi connectivity index (χ3v) is 3.14. The van der Waals surface area contributed by atoms with Crippen molar-refractivity contribution in [2.45, 2.75) is 6.10 Å². The van der Waals surface area contributed by atoms with Gasteiger partial charge < -0.3 is 15.2 Å². The maximum atomic E-state index is 11.6. The zero-order chi connectivity index (χ0) is 14.4. The van der Waals surface area contributed by atoms with Crippen molar-refractivity contribution in [1.29, 1.82) is 0 Å². The van der Waals surface area contributed by atoms with Crippen LogP contribution in [0, 0.1) is 0 Å². The SMILES string of the molecule is COc1ccccc1[C@@H](O)CNC(=O)Nc1nncs1. The Labute approximate surface area is 119 Å². The first-order valence-electron chi connectivity index (χ1n) is 5.82. The minimum absolute atomic E-state index is 0.0605. The van der Waals surface area contributed by atoms with E-state index in [4.69, 9.17) is 4.74 Å². The van der Waals surface area contributed by atoms with Gasteiger partial charge in [-0.2, -0.15) is 0 Å². The molecule has 1 aromatic heterocycles. The number of hydrogen-bond acceptors (Lipinski definition) is 6. The molecule has 2 aromatic rings. The summed E-state index contributed by atoms with van der Waals surface area (Å²) >= 11 is 1.21. The molecule has 1 heterocycles. The van der Waals surface area contributed by atoms with E-state index < -0.39 is 12.1 Å². The summed E-state index contributed by atoms with van der Waals surface area (Å²) in [6.45, 7) is 0.0605. The first-order valence-corrected chi connectivity index (χ1v) is 6.70. The quantitative estimate of drug-likeness (QED) is 0.774. The lowest BCUT2D eigenvalue weighted by molar-refractivity contribution is 0.171. The molecule has 1 aromatic carbocycles. The predicted molar refractivity (Wildman–Crippen MR) is 74.9 cm³/mol. The second kappa shape index (κ2) is 6.83. The van der Waals surface area contributed by atoms with Crippen LogP contribution in [0.3, 0.4) is 0 Å². The highest BCUT2D eigenvalue weighted by molar-refractivity contribution is 7.13. The number of rotatable bonds is 5. The molecule has 8 heteroatoms. The number of anilines is 1. The molecule has 0 radical (unpaired) electrons. The maximum Gasteiger partial charge on any atom is 0.321 e. The number of hydrogen-bond donors (Lipinski definition) is 3. The summed E-state index contributed by atoms with van der Waals surface area (Å²) in [5.41, 5.74) is 2.13. The van der Waals surface area contributed by atoms with Crippen molar-refractivity contribution in [2.24, 2.45) is 0 Å². The van der Waals surface area contributed by atoms with Gasteiger partial charge in [-0.15, -0.1) is 10.2 Å². The van der Waals surface area contributed by atoms with Crippen LogP contribution in [-0.2, 0) is 0 Å². The fourth-order valence-corrected chi connectivity index (χ4v) is 2.05. The molecule has 7 nitrogen and oxygen atoms in total. The van der Waals surface area contributed by atoms with Crippen LogP contribution in [0.25, 0.3) is 0 Å². The van der Waals surface area contributed by atoms with Crippen LogP contribution >= 0.6 is 11.3 Å². The van der Waals surface area contributed by atoms with Crippen LogP contribution in [0.4, 0.5) is 9.93 Å². The third-order valence-electron chi connectivity index (χ3n) is 2.53. The lowest BCUT2D eigenvalue weighted by Crippen LogP contribution is -2.32. The number of benzene rings is 1. The van der Waals surface area contributed by atoms with Gasteiger partial charge in [-0.25, -0.2) is 4.79 Å². The van der Waals surface area contributed by atoms with Crippen molar-refractivity contribution in [2.75, 3.05) is 19.0 Å². The number of nitrogens with one attached hydrogen (secondary N) is 2. The van der Waals surface area contributed by atoms with Crippen LogP contribution in [0.2, 0.25) is 0 Å². The van der Waals surface area contributed by atoms with Gasteiger partial charge in [-0.1, -0.05) is 29.5 Å². The zero-order valence-electron chi connectivity index (χ0n) is 10.7. The summed E-state index contributed by atoms with van der Waals surface area (Å²) in [6, 6.07) is 6.65. The van der Waals surface area contributed by atoms with Gasteiger partial charge in [-0.05, 0) is 6.07 Å². The van der Waals surface area contributed by atoms with Crippen molar-refractivity contribution < 1.29 is 14.6 Å². The summed E-state index contributed by atoms with van der Waals surface area (Å²) in [5, 5.41) is 22.8. The Morgan fingerprint density at radius 1 is 1.50 bits per heavy atom. The number of para-hydroxylation sites is 1. The number of aromatic nitrogens is 2. The van der Waals surface area contributed by atoms with Crippen molar-refractivity contribution in [3.8, 4) is 5.75 Å². The molecule has 20 heavy (non-hydrogen) atoms. The molecule has 0 bridgehead atoms. The van der Waals surface area contributed by atoms with E-state index in [1.54, 1.807) is 18.2 Å². The first-order chi connectivity index (χ1) is 9.70. The molecule has 2 rings (SSSR count). The fourth-order valence-electron chi connectivity index (χ4n) is 1.61. The first kappa shape index (κ1) is 14.2. The van der Waals surface area contributed by atoms with E-state index in [9.17, 15) is 9.90 Å². The molecule has 2 amide bonds. The van der Waals surface area contributed by atoms with Crippen LogP contribution in [-0.4, -0.2) is 35.0 Å². The van der Waals surface area contributed by atoms with Crippen LogP contribution < -0.4 is 15.4 Å². The van der Waals surface area contributed by atoms with Crippen molar-refractivity contribution >= 4 is 22.5 Å². The molecular formula is C12H14N4O3S. The van der Waals surface area contributed by atoms with Crippen LogP contribution in [0.5, 0.6) is 5.75 Å². The number of amides is 2. The third kappa shape index (κ3) is 3.65. The number of carbonyl (C=O) groups excluding carboxylic acids is 1. The zero-order valence-corrected chi connectivity index (χ0v) is 11.6.